The SMILES string of the molecule is C=C(Cl)COC(=O)CNC(=O)c1cccc(OC)c1. The molecule has 0 bridgehead atoms. The number of amides is 1. The molecule has 1 aromatic rings. The van der Waals surface area contributed by atoms with E-state index >= 15 is 0 Å². The summed E-state index contributed by atoms with van der Waals surface area (Å²) < 4.78 is 9.72. The van der Waals surface area contributed by atoms with Crippen LogP contribution in [0.5, 0.6) is 5.75 Å². The molecule has 0 aliphatic heterocycles. The molecule has 1 amide bonds. The lowest BCUT2D eigenvalue weighted by atomic mass is 10.2. The van der Waals surface area contributed by atoms with Crippen LogP contribution in [0, 0.1) is 0 Å². The Balaban J connectivity index is 2.46. The van der Waals surface area contributed by atoms with Crippen LogP contribution < -0.4 is 10.1 Å². The number of nitrogens with one attached hydrogen (secondary N) is 1. The third kappa shape index (κ3) is 5.44. The van der Waals surface area contributed by atoms with Gasteiger partial charge in [-0.15, -0.1) is 0 Å². The highest BCUT2D eigenvalue weighted by molar-refractivity contribution is 6.29. The Kier molecular flexibility index (Phi) is 5.89. The number of esters is 1. The molecule has 19 heavy (non-hydrogen) atoms. The van der Waals surface area contributed by atoms with Crippen LogP contribution in [0.4, 0.5) is 0 Å². The van der Waals surface area contributed by atoms with Crippen LogP contribution in [0.3, 0.4) is 0 Å². The van der Waals surface area contributed by atoms with Crippen molar-refractivity contribution in [2.45, 2.75) is 0 Å². The van der Waals surface area contributed by atoms with Crippen LogP contribution in [0.25, 0.3) is 0 Å². The molecule has 5 nitrogen and oxygen atoms in total. The Labute approximate surface area is 116 Å². The highest BCUT2D eigenvalue weighted by Crippen LogP contribution is 2.12. The predicted octanol–water partition coefficient (Wildman–Crippen LogP) is 1.72. The maximum atomic E-state index is 11.7. The summed E-state index contributed by atoms with van der Waals surface area (Å²) in [6, 6.07) is 6.59. The fourth-order valence-corrected chi connectivity index (χ4v) is 1.28. The Hall–Kier alpha value is -2.01. The van der Waals surface area contributed by atoms with Crippen molar-refractivity contribution in [3.63, 3.8) is 0 Å². The molecule has 0 aromatic heterocycles. The molecule has 102 valence electrons. The van der Waals surface area contributed by atoms with E-state index in [0.29, 0.717) is 11.3 Å². The van der Waals surface area contributed by atoms with Gasteiger partial charge in [0.25, 0.3) is 5.91 Å². The molecule has 0 atom stereocenters. The molecule has 0 aliphatic carbocycles. The van der Waals surface area contributed by atoms with Crippen molar-refractivity contribution in [1.82, 2.24) is 5.32 Å². The fourth-order valence-electron chi connectivity index (χ4n) is 1.23. The molecule has 1 N–H and O–H groups in total. The van der Waals surface area contributed by atoms with Gasteiger partial charge >= 0.3 is 5.97 Å². The maximum absolute atomic E-state index is 11.7. The van der Waals surface area contributed by atoms with Crippen molar-refractivity contribution >= 4 is 23.5 Å². The number of hydrogen-bond donors (Lipinski definition) is 1. The second-order valence-corrected chi connectivity index (χ2v) is 4.13. The highest BCUT2D eigenvalue weighted by Gasteiger charge is 2.09. The van der Waals surface area contributed by atoms with Gasteiger partial charge < -0.3 is 14.8 Å². The summed E-state index contributed by atoms with van der Waals surface area (Å²) >= 11 is 5.44. The van der Waals surface area contributed by atoms with Crippen LogP contribution in [0.2, 0.25) is 0 Å². The molecule has 1 aromatic carbocycles. The molecular weight excluding hydrogens is 270 g/mol. The van der Waals surface area contributed by atoms with Crippen molar-refractivity contribution in [2.24, 2.45) is 0 Å². The van der Waals surface area contributed by atoms with Gasteiger partial charge in [0.05, 0.1) is 7.11 Å². The first kappa shape index (κ1) is 15.0. The first-order chi connectivity index (χ1) is 9.02. The van der Waals surface area contributed by atoms with E-state index in [-0.39, 0.29) is 24.1 Å². The van der Waals surface area contributed by atoms with Crippen LogP contribution >= 0.6 is 11.6 Å². The van der Waals surface area contributed by atoms with Gasteiger partial charge in [0.2, 0.25) is 0 Å². The second kappa shape index (κ2) is 7.43. The van der Waals surface area contributed by atoms with Gasteiger partial charge in [-0.3, -0.25) is 9.59 Å². The zero-order chi connectivity index (χ0) is 14.3. The second-order valence-electron chi connectivity index (χ2n) is 3.59. The molecule has 0 spiro atoms. The molecule has 0 saturated carbocycles. The lowest BCUT2D eigenvalue weighted by molar-refractivity contribution is -0.141. The molecule has 1 rings (SSSR count). The van der Waals surface area contributed by atoms with E-state index in [1.807, 2.05) is 0 Å². The molecule has 0 fully saturated rings. The number of ether oxygens (including phenoxy) is 2. The third-order valence-electron chi connectivity index (χ3n) is 2.11. The summed E-state index contributed by atoms with van der Waals surface area (Å²) in [6.45, 7) is 3.07. The number of rotatable bonds is 6. The zero-order valence-electron chi connectivity index (χ0n) is 10.4. The number of hydrogen-bond acceptors (Lipinski definition) is 4. The smallest absolute Gasteiger partial charge is 0.325 e. The Morgan fingerprint density at radius 3 is 2.79 bits per heavy atom. The van der Waals surface area contributed by atoms with Gasteiger partial charge in [0.15, 0.2) is 0 Å². The summed E-state index contributed by atoms with van der Waals surface area (Å²) in [4.78, 5) is 23.0. The van der Waals surface area contributed by atoms with Crippen LogP contribution in [-0.4, -0.2) is 32.1 Å². The quantitative estimate of drug-likeness (QED) is 0.808. The normalized spacial score (nSPS) is 9.58. The third-order valence-corrected chi connectivity index (χ3v) is 2.22. The Morgan fingerprint density at radius 2 is 2.16 bits per heavy atom. The van der Waals surface area contributed by atoms with Crippen LogP contribution in [-0.2, 0) is 9.53 Å². The van der Waals surface area contributed by atoms with Crippen molar-refractivity contribution in [2.75, 3.05) is 20.3 Å². The summed E-state index contributed by atoms with van der Waals surface area (Å²) in [5.41, 5.74) is 0.397. The number of carbonyl (C=O) groups is 2. The van der Waals surface area contributed by atoms with E-state index in [1.165, 1.54) is 7.11 Å². The van der Waals surface area contributed by atoms with Crippen molar-refractivity contribution in [3.8, 4) is 5.75 Å². The van der Waals surface area contributed by atoms with Gasteiger partial charge in [0, 0.05) is 10.6 Å². The monoisotopic (exact) mass is 283 g/mol. The number of methoxy groups -OCH3 is 1. The molecule has 0 radical (unpaired) electrons. The molecule has 0 saturated heterocycles. The van der Waals surface area contributed by atoms with E-state index in [0.717, 1.165) is 0 Å². The summed E-state index contributed by atoms with van der Waals surface area (Å²) in [6.07, 6.45) is 0. The van der Waals surface area contributed by atoms with Gasteiger partial charge in [0.1, 0.15) is 18.9 Å². The van der Waals surface area contributed by atoms with Gasteiger partial charge in [-0.25, -0.2) is 0 Å². The van der Waals surface area contributed by atoms with Crippen molar-refractivity contribution < 1.29 is 19.1 Å². The molecule has 0 aliphatic rings. The zero-order valence-corrected chi connectivity index (χ0v) is 11.2. The minimum atomic E-state index is -0.585. The molecular formula is C13H14ClNO4. The summed E-state index contributed by atoms with van der Waals surface area (Å²) in [5, 5.41) is 2.65. The van der Waals surface area contributed by atoms with Gasteiger partial charge in [-0.05, 0) is 18.2 Å². The van der Waals surface area contributed by atoms with E-state index in [1.54, 1.807) is 24.3 Å². The number of carbonyl (C=O) groups excluding carboxylic acids is 2. The molecule has 0 heterocycles. The van der Waals surface area contributed by atoms with E-state index < -0.39 is 5.97 Å². The van der Waals surface area contributed by atoms with E-state index in [4.69, 9.17) is 21.1 Å². The van der Waals surface area contributed by atoms with Crippen molar-refractivity contribution in [1.29, 1.82) is 0 Å². The predicted molar refractivity (Wildman–Crippen MR) is 71.3 cm³/mol. The first-order valence-corrected chi connectivity index (χ1v) is 5.82. The topological polar surface area (TPSA) is 64.6 Å². The standard InChI is InChI=1S/C13H14ClNO4/c1-9(14)8-19-12(16)7-15-13(17)10-4-3-5-11(6-10)18-2/h3-6H,1,7-8H2,2H3,(H,15,17). The summed E-state index contributed by atoms with van der Waals surface area (Å²) in [7, 11) is 1.51. The average molecular weight is 284 g/mol. The Bertz CT molecular complexity index is 487. The van der Waals surface area contributed by atoms with Crippen LogP contribution in [0.1, 0.15) is 10.4 Å². The van der Waals surface area contributed by atoms with Gasteiger partial charge in [-0.1, -0.05) is 24.2 Å². The maximum Gasteiger partial charge on any atom is 0.325 e. The highest BCUT2D eigenvalue weighted by atomic mass is 35.5. The van der Waals surface area contributed by atoms with E-state index in [2.05, 4.69) is 11.9 Å². The van der Waals surface area contributed by atoms with E-state index in [9.17, 15) is 9.59 Å². The lowest BCUT2D eigenvalue weighted by Crippen LogP contribution is -2.30. The first-order valence-electron chi connectivity index (χ1n) is 5.44. The lowest BCUT2D eigenvalue weighted by Gasteiger charge is -2.06. The Morgan fingerprint density at radius 1 is 1.42 bits per heavy atom. The minimum absolute atomic E-state index is 0.0740. The van der Waals surface area contributed by atoms with Crippen LogP contribution in [0.15, 0.2) is 35.9 Å². The largest absolute Gasteiger partial charge is 0.497 e. The van der Waals surface area contributed by atoms with Gasteiger partial charge in [-0.2, -0.15) is 0 Å². The summed E-state index contributed by atoms with van der Waals surface area (Å²) in [5.74, 6) is -0.410. The number of benzene rings is 1. The number of halogens is 1. The van der Waals surface area contributed by atoms with Crippen molar-refractivity contribution in [3.05, 3.63) is 41.4 Å². The molecule has 0 unspecified atom stereocenters. The molecule has 6 heteroatoms. The average Bonchev–Trinajstić information content (AvgIpc) is 2.42. The minimum Gasteiger partial charge on any atom is -0.497 e. The fraction of sp³-hybridized carbons (Fsp3) is 0.231.